The Morgan fingerprint density at radius 3 is 0.667 bits per heavy atom. The summed E-state index contributed by atoms with van der Waals surface area (Å²) in [5, 5.41) is 15.1. The second kappa shape index (κ2) is 34.0. The van der Waals surface area contributed by atoms with Crippen LogP contribution in [0.5, 0.6) is 0 Å². The van der Waals surface area contributed by atoms with Crippen LogP contribution >= 0.6 is 0 Å². The summed E-state index contributed by atoms with van der Waals surface area (Å²) in [6.45, 7) is 0. The molecule has 646 valence electrons. The Hall–Kier alpha value is -18.4. The highest BCUT2D eigenvalue weighted by Crippen LogP contribution is 2.46. The molecule has 6 heteroatoms. The van der Waals surface area contributed by atoms with Gasteiger partial charge in [-0.3, -0.25) is 0 Å². The summed E-state index contributed by atoms with van der Waals surface area (Å²) in [4.78, 5) is 0. The van der Waals surface area contributed by atoms with Crippen molar-refractivity contribution >= 4 is 131 Å². The molecule has 6 heterocycles. The summed E-state index contributed by atoms with van der Waals surface area (Å²) < 4.78 is 14.5. The lowest BCUT2D eigenvalue weighted by atomic mass is 10.00. The van der Waals surface area contributed by atoms with Gasteiger partial charge in [0.15, 0.2) is 0 Å². The minimum absolute atomic E-state index is 1.15. The Kier molecular flexibility index (Phi) is 19.9. The molecule has 0 aliphatic heterocycles. The molecule has 0 fully saturated rings. The standard InChI is InChI=1S/2C48H32N2.C36H24N2/c1-3-13-33(14-4-1)35-17-11-19-39(29-35)49-45-23-9-7-21-41(45)43-27-25-37(31-47(43)49)38-26-28-44-42-22-8-10-24-46(42)50(48(44)32-38)40-20-12-18-36(30-40)34-15-5-2-6-16-34;1-3-12-33(13-4-1)35-22-26-39(27-23-35)49-45-20-9-7-18-41(45)43-28-24-37(31-47(43)49)38-25-29-44-42-19-8-10-21-46(42)50(48(44)32-38)40-17-11-16-36(30-40)34-14-5-2-6-15-34;1-3-12-26(13-4-1)37-33-20-9-8-17-30(33)32-24-25(22-23-35(32)37)28-18-11-19-31-29-16-7-10-21-34(29)38(36(28)31)27-14-5-2-6-15-27/h2*1-32H;1-24H. The van der Waals surface area contributed by atoms with E-state index in [1.807, 2.05) is 0 Å². The number of hydrogen-bond donors (Lipinski definition) is 0. The minimum Gasteiger partial charge on any atom is -0.309 e. The van der Waals surface area contributed by atoms with E-state index < -0.39 is 0 Å². The van der Waals surface area contributed by atoms with E-state index in [2.05, 4.69) is 561 Å². The van der Waals surface area contributed by atoms with Crippen molar-refractivity contribution in [1.29, 1.82) is 0 Å². The fourth-order valence-corrected chi connectivity index (χ4v) is 21.6. The highest BCUT2D eigenvalue weighted by atomic mass is 15.0. The molecule has 0 aliphatic rings. The van der Waals surface area contributed by atoms with Gasteiger partial charge in [-0.25, -0.2) is 0 Å². The van der Waals surface area contributed by atoms with Crippen LogP contribution in [0.4, 0.5) is 0 Å². The quantitative estimate of drug-likeness (QED) is 0.110. The van der Waals surface area contributed by atoms with Crippen molar-refractivity contribution in [3.05, 3.63) is 534 Å². The number of rotatable bonds is 13. The molecule has 22 aromatic carbocycles. The lowest BCUT2D eigenvalue weighted by Gasteiger charge is -2.12. The molecule has 0 saturated carbocycles. The van der Waals surface area contributed by atoms with Gasteiger partial charge >= 0.3 is 0 Å². The number of nitrogens with zero attached hydrogens (tertiary/aromatic N) is 6. The molecule has 6 nitrogen and oxygen atoms in total. The first-order chi connectivity index (χ1) is 68.5. The van der Waals surface area contributed by atoms with E-state index in [0.717, 1.165) is 22.7 Å². The molecule has 0 aliphatic carbocycles. The van der Waals surface area contributed by atoms with E-state index >= 15 is 0 Å². The van der Waals surface area contributed by atoms with Crippen LogP contribution in [0.15, 0.2) is 534 Å². The number of benzene rings is 22. The molecule has 138 heavy (non-hydrogen) atoms. The van der Waals surface area contributed by atoms with Crippen LogP contribution in [0, 0.1) is 0 Å². The van der Waals surface area contributed by atoms with E-state index in [4.69, 9.17) is 0 Å². The van der Waals surface area contributed by atoms with Crippen molar-refractivity contribution < 1.29 is 0 Å². The molecule has 28 rings (SSSR count). The van der Waals surface area contributed by atoms with Gasteiger partial charge in [-0.2, -0.15) is 0 Å². The van der Waals surface area contributed by atoms with Crippen LogP contribution in [0.25, 0.3) is 243 Å². The predicted octanol–water partition coefficient (Wildman–Crippen LogP) is 35.3. The van der Waals surface area contributed by atoms with E-state index in [9.17, 15) is 0 Å². The number of para-hydroxylation sites is 9. The van der Waals surface area contributed by atoms with Crippen LogP contribution < -0.4 is 0 Å². The maximum atomic E-state index is 2.42. The van der Waals surface area contributed by atoms with E-state index in [1.165, 1.54) is 220 Å². The Bertz CT molecular complexity index is 9350. The van der Waals surface area contributed by atoms with Crippen molar-refractivity contribution in [1.82, 2.24) is 27.4 Å². The van der Waals surface area contributed by atoms with Gasteiger partial charge in [-0.1, -0.05) is 388 Å². The highest BCUT2D eigenvalue weighted by Gasteiger charge is 2.24. The monoisotopic (exact) mass is 1760 g/mol. The van der Waals surface area contributed by atoms with Crippen molar-refractivity contribution in [2.75, 3.05) is 0 Å². The molecule has 0 bridgehead atoms. The van der Waals surface area contributed by atoms with Gasteiger partial charge in [0.05, 0.1) is 66.2 Å². The Morgan fingerprint density at radius 2 is 0.304 bits per heavy atom. The molecule has 6 aromatic heterocycles. The summed E-state index contributed by atoms with van der Waals surface area (Å²) >= 11 is 0. The van der Waals surface area contributed by atoms with Crippen LogP contribution in [0.1, 0.15) is 0 Å². The molecule has 0 spiro atoms. The Morgan fingerprint density at radius 1 is 0.0942 bits per heavy atom. The molecule has 0 N–H and O–H groups in total. The average Bonchev–Trinajstić information content (AvgIpc) is 1.59. The number of aromatic nitrogens is 6. The summed E-state index contributed by atoms with van der Waals surface area (Å²) in [7, 11) is 0. The number of fused-ring (bicyclic) bond motifs is 18. The van der Waals surface area contributed by atoms with Crippen molar-refractivity contribution in [2.45, 2.75) is 0 Å². The van der Waals surface area contributed by atoms with E-state index in [1.54, 1.807) is 0 Å². The topological polar surface area (TPSA) is 29.6 Å². The third kappa shape index (κ3) is 14.0. The van der Waals surface area contributed by atoms with Gasteiger partial charge in [-0.05, 0) is 218 Å². The van der Waals surface area contributed by atoms with Crippen LogP contribution in [-0.2, 0) is 0 Å². The van der Waals surface area contributed by atoms with Gasteiger partial charge in [0.25, 0.3) is 0 Å². The molecule has 0 amide bonds. The molecule has 0 radical (unpaired) electrons. The molecule has 28 aromatic rings. The normalized spacial score (nSPS) is 11.6. The highest BCUT2D eigenvalue weighted by molar-refractivity contribution is 6.18. The lowest BCUT2D eigenvalue weighted by molar-refractivity contribution is 1.18. The van der Waals surface area contributed by atoms with Crippen molar-refractivity contribution in [3.8, 4) is 112 Å². The van der Waals surface area contributed by atoms with Crippen LogP contribution in [0.2, 0.25) is 0 Å². The fourth-order valence-electron chi connectivity index (χ4n) is 21.6. The zero-order valence-electron chi connectivity index (χ0n) is 75.5. The summed E-state index contributed by atoms with van der Waals surface area (Å²) in [5.41, 5.74) is 38.5. The molecule has 0 atom stereocenters. The smallest absolute Gasteiger partial charge is 0.0619 e. The molecular formula is C132H88N6. The van der Waals surface area contributed by atoms with Gasteiger partial charge in [0.1, 0.15) is 0 Å². The van der Waals surface area contributed by atoms with Gasteiger partial charge in [-0.15, -0.1) is 0 Å². The minimum atomic E-state index is 1.15. The van der Waals surface area contributed by atoms with Crippen LogP contribution in [0.3, 0.4) is 0 Å². The summed E-state index contributed by atoms with van der Waals surface area (Å²) in [6, 6.07) is 193. The third-order valence-corrected chi connectivity index (χ3v) is 27.9. The predicted molar refractivity (Wildman–Crippen MR) is 583 cm³/mol. The molecular weight excluding hydrogens is 1670 g/mol. The van der Waals surface area contributed by atoms with Gasteiger partial charge < -0.3 is 27.4 Å². The molecule has 0 unspecified atom stereocenters. The largest absolute Gasteiger partial charge is 0.309 e. The second-order valence-corrected chi connectivity index (χ2v) is 35.8. The van der Waals surface area contributed by atoms with Gasteiger partial charge in [0.2, 0.25) is 0 Å². The first-order valence-corrected chi connectivity index (χ1v) is 47.4. The lowest BCUT2D eigenvalue weighted by Crippen LogP contribution is -1.95. The van der Waals surface area contributed by atoms with Crippen LogP contribution in [-0.4, -0.2) is 27.4 Å². The Balaban J connectivity index is 0.000000108. The second-order valence-electron chi connectivity index (χ2n) is 35.8. The Labute approximate surface area is 798 Å². The van der Waals surface area contributed by atoms with E-state index in [-0.39, 0.29) is 0 Å². The fraction of sp³-hybridized carbons (Fsp3) is 0. The van der Waals surface area contributed by atoms with Crippen molar-refractivity contribution in [2.24, 2.45) is 0 Å². The third-order valence-electron chi connectivity index (χ3n) is 27.9. The van der Waals surface area contributed by atoms with Gasteiger partial charge in [0, 0.05) is 104 Å². The zero-order chi connectivity index (χ0) is 91.1. The maximum absolute atomic E-state index is 2.42. The summed E-state index contributed by atoms with van der Waals surface area (Å²) in [5.74, 6) is 0. The number of hydrogen-bond acceptors (Lipinski definition) is 0. The SMILES string of the molecule is c1ccc(-c2ccc(-n3c4ccccc4c4ccc(-c5ccc6c7ccccc7n(-c7cccc(-c8ccccc8)c7)c6c5)cc43)cc2)cc1.c1ccc(-c2cccc(-n3c4ccccc4c4ccc(-c5ccc6c7ccccc7n(-c7cccc(-c8ccccc8)c7)c6c5)cc43)c2)cc1.c1ccc(-n2c3ccccc3c3cc(-c4cccc5c6ccccc6n(-c6ccccc6)c45)ccc32)cc1. The molecule has 0 saturated heterocycles. The maximum Gasteiger partial charge on any atom is 0.0619 e. The van der Waals surface area contributed by atoms with E-state index in [0.29, 0.717) is 0 Å². The summed E-state index contributed by atoms with van der Waals surface area (Å²) in [6.07, 6.45) is 0. The average molecular weight is 1760 g/mol. The zero-order valence-corrected chi connectivity index (χ0v) is 75.5. The van der Waals surface area contributed by atoms with Crippen molar-refractivity contribution in [3.63, 3.8) is 0 Å². The first-order valence-electron chi connectivity index (χ1n) is 47.4. The first kappa shape index (κ1) is 80.5.